The molecule has 2 nitrogen and oxygen atoms in total. The Balaban J connectivity index is 2.09. The zero-order chi connectivity index (χ0) is 8.97. The van der Waals surface area contributed by atoms with Gasteiger partial charge in [0.15, 0.2) is 0 Å². The second-order valence-corrected chi connectivity index (χ2v) is 4.24. The third-order valence-electron chi connectivity index (χ3n) is 2.28. The van der Waals surface area contributed by atoms with Gasteiger partial charge in [0.2, 0.25) is 0 Å². The van der Waals surface area contributed by atoms with Crippen molar-refractivity contribution in [2.24, 2.45) is 5.92 Å². The number of nitrogens with one attached hydrogen (secondary N) is 1. The standard InChI is InChI=1S/C10H21NO/c1-8(2)7-12-10-5-4-9(3)11-6-10/h8-11H,4-7H2,1-3H3. The molecule has 0 bridgehead atoms. The van der Waals surface area contributed by atoms with E-state index in [-0.39, 0.29) is 0 Å². The third-order valence-corrected chi connectivity index (χ3v) is 2.28. The minimum absolute atomic E-state index is 0.462. The Morgan fingerprint density at radius 3 is 2.67 bits per heavy atom. The van der Waals surface area contributed by atoms with Crippen molar-refractivity contribution in [3.63, 3.8) is 0 Å². The van der Waals surface area contributed by atoms with E-state index in [4.69, 9.17) is 4.74 Å². The summed E-state index contributed by atoms with van der Waals surface area (Å²) in [7, 11) is 0. The van der Waals surface area contributed by atoms with Gasteiger partial charge in [-0.05, 0) is 25.7 Å². The van der Waals surface area contributed by atoms with E-state index < -0.39 is 0 Å². The summed E-state index contributed by atoms with van der Waals surface area (Å²) in [5.41, 5.74) is 0. The lowest BCUT2D eigenvalue weighted by atomic mass is 10.0. The van der Waals surface area contributed by atoms with Gasteiger partial charge in [0.25, 0.3) is 0 Å². The van der Waals surface area contributed by atoms with Crippen LogP contribution in [0.2, 0.25) is 0 Å². The molecule has 1 heterocycles. The normalized spacial score (nSPS) is 31.0. The zero-order valence-electron chi connectivity index (χ0n) is 8.47. The van der Waals surface area contributed by atoms with E-state index in [1.54, 1.807) is 0 Å². The number of rotatable bonds is 3. The number of ether oxygens (including phenoxy) is 1. The molecule has 1 aliphatic rings. The van der Waals surface area contributed by atoms with Gasteiger partial charge in [-0.3, -0.25) is 0 Å². The Hall–Kier alpha value is -0.0800. The van der Waals surface area contributed by atoms with Crippen LogP contribution in [0.3, 0.4) is 0 Å². The van der Waals surface area contributed by atoms with Gasteiger partial charge in [0.05, 0.1) is 6.10 Å². The molecule has 1 saturated heterocycles. The molecule has 0 aromatic rings. The first kappa shape index (κ1) is 10.0. The van der Waals surface area contributed by atoms with Gasteiger partial charge in [-0.1, -0.05) is 13.8 Å². The molecular formula is C10H21NO. The van der Waals surface area contributed by atoms with Gasteiger partial charge in [0, 0.05) is 19.2 Å². The van der Waals surface area contributed by atoms with Crippen LogP contribution >= 0.6 is 0 Å². The fraction of sp³-hybridized carbons (Fsp3) is 1.00. The van der Waals surface area contributed by atoms with E-state index >= 15 is 0 Å². The largest absolute Gasteiger partial charge is 0.377 e. The summed E-state index contributed by atoms with van der Waals surface area (Å²) < 4.78 is 5.73. The van der Waals surface area contributed by atoms with Crippen molar-refractivity contribution in [3.05, 3.63) is 0 Å². The molecule has 1 fully saturated rings. The Kier molecular flexibility index (Phi) is 4.02. The molecule has 0 spiro atoms. The van der Waals surface area contributed by atoms with E-state index in [9.17, 15) is 0 Å². The second kappa shape index (κ2) is 4.83. The molecule has 1 rings (SSSR count). The first-order valence-electron chi connectivity index (χ1n) is 5.03. The summed E-state index contributed by atoms with van der Waals surface area (Å²) in [5.74, 6) is 0.657. The van der Waals surface area contributed by atoms with E-state index in [2.05, 4.69) is 26.1 Å². The lowest BCUT2D eigenvalue weighted by Crippen LogP contribution is -2.41. The van der Waals surface area contributed by atoms with Crippen molar-refractivity contribution in [3.8, 4) is 0 Å². The maximum atomic E-state index is 5.73. The summed E-state index contributed by atoms with van der Waals surface area (Å²) in [4.78, 5) is 0. The average Bonchev–Trinajstić information content (AvgIpc) is 2.03. The van der Waals surface area contributed by atoms with Gasteiger partial charge in [-0.2, -0.15) is 0 Å². The van der Waals surface area contributed by atoms with Crippen molar-refractivity contribution >= 4 is 0 Å². The Morgan fingerprint density at radius 1 is 1.42 bits per heavy atom. The van der Waals surface area contributed by atoms with E-state index in [0.29, 0.717) is 18.1 Å². The number of piperidine rings is 1. The van der Waals surface area contributed by atoms with Crippen molar-refractivity contribution in [1.29, 1.82) is 0 Å². The lowest BCUT2D eigenvalue weighted by Gasteiger charge is -2.28. The highest BCUT2D eigenvalue weighted by molar-refractivity contribution is 4.74. The zero-order valence-corrected chi connectivity index (χ0v) is 8.47. The van der Waals surface area contributed by atoms with Crippen molar-refractivity contribution in [2.45, 2.75) is 45.8 Å². The van der Waals surface area contributed by atoms with Gasteiger partial charge in [-0.25, -0.2) is 0 Å². The highest BCUT2D eigenvalue weighted by atomic mass is 16.5. The van der Waals surface area contributed by atoms with Crippen LogP contribution in [0, 0.1) is 5.92 Å². The quantitative estimate of drug-likeness (QED) is 0.699. The smallest absolute Gasteiger partial charge is 0.0700 e. The molecular weight excluding hydrogens is 150 g/mol. The van der Waals surface area contributed by atoms with Crippen LogP contribution in [0.5, 0.6) is 0 Å². The Labute approximate surface area is 75.7 Å². The summed E-state index contributed by atoms with van der Waals surface area (Å²) in [6, 6.07) is 0.684. The topological polar surface area (TPSA) is 21.3 Å². The maximum absolute atomic E-state index is 5.73. The van der Waals surface area contributed by atoms with Gasteiger partial charge >= 0.3 is 0 Å². The molecule has 0 saturated carbocycles. The highest BCUT2D eigenvalue weighted by Crippen LogP contribution is 2.11. The molecule has 0 amide bonds. The first-order chi connectivity index (χ1) is 5.68. The number of hydrogen-bond donors (Lipinski definition) is 1. The predicted octanol–water partition coefficient (Wildman–Crippen LogP) is 1.80. The molecule has 0 aromatic heterocycles. The molecule has 0 radical (unpaired) electrons. The van der Waals surface area contributed by atoms with Gasteiger partial charge in [0.1, 0.15) is 0 Å². The molecule has 2 atom stereocenters. The Bertz CT molecular complexity index is 117. The van der Waals surface area contributed by atoms with Gasteiger partial charge < -0.3 is 10.1 Å². The minimum Gasteiger partial charge on any atom is -0.377 e. The first-order valence-corrected chi connectivity index (χ1v) is 5.03. The molecule has 0 aromatic carbocycles. The van der Waals surface area contributed by atoms with Crippen LogP contribution in [0.25, 0.3) is 0 Å². The van der Waals surface area contributed by atoms with Crippen molar-refractivity contribution in [2.75, 3.05) is 13.2 Å². The van der Waals surface area contributed by atoms with Crippen LogP contribution in [0.4, 0.5) is 0 Å². The minimum atomic E-state index is 0.462. The van der Waals surface area contributed by atoms with E-state index in [1.807, 2.05) is 0 Å². The summed E-state index contributed by atoms with van der Waals surface area (Å²) in [6.45, 7) is 8.56. The fourth-order valence-corrected chi connectivity index (χ4v) is 1.44. The molecule has 2 heteroatoms. The van der Waals surface area contributed by atoms with E-state index in [1.165, 1.54) is 12.8 Å². The van der Waals surface area contributed by atoms with Crippen LogP contribution in [0.15, 0.2) is 0 Å². The van der Waals surface area contributed by atoms with Crippen LogP contribution in [0.1, 0.15) is 33.6 Å². The SMILES string of the molecule is CC(C)COC1CCC(C)NC1. The molecule has 72 valence electrons. The molecule has 12 heavy (non-hydrogen) atoms. The predicted molar refractivity (Wildman–Crippen MR) is 51.3 cm³/mol. The summed E-state index contributed by atoms with van der Waals surface area (Å²) >= 11 is 0. The summed E-state index contributed by atoms with van der Waals surface area (Å²) in [5, 5.41) is 3.43. The monoisotopic (exact) mass is 171 g/mol. The van der Waals surface area contributed by atoms with Crippen LogP contribution in [-0.4, -0.2) is 25.3 Å². The van der Waals surface area contributed by atoms with Gasteiger partial charge in [-0.15, -0.1) is 0 Å². The van der Waals surface area contributed by atoms with Crippen molar-refractivity contribution in [1.82, 2.24) is 5.32 Å². The molecule has 1 N–H and O–H groups in total. The lowest BCUT2D eigenvalue weighted by molar-refractivity contribution is 0.0162. The maximum Gasteiger partial charge on any atom is 0.0700 e. The van der Waals surface area contributed by atoms with Crippen LogP contribution < -0.4 is 5.32 Å². The molecule has 2 unspecified atom stereocenters. The second-order valence-electron chi connectivity index (χ2n) is 4.24. The Morgan fingerprint density at radius 2 is 2.17 bits per heavy atom. The third kappa shape index (κ3) is 3.55. The van der Waals surface area contributed by atoms with Crippen molar-refractivity contribution < 1.29 is 4.74 Å². The summed E-state index contributed by atoms with van der Waals surface area (Å²) in [6.07, 6.45) is 2.94. The fourth-order valence-electron chi connectivity index (χ4n) is 1.44. The molecule has 0 aliphatic carbocycles. The van der Waals surface area contributed by atoms with E-state index in [0.717, 1.165) is 13.2 Å². The number of hydrogen-bond acceptors (Lipinski definition) is 2. The van der Waals surface area contributed by atoms with Crippen LogP contribution in [-0.2, 0) is 4.74 Å². The molecule has 1 aliphatic heterocycles. The average molecular weight is 171 g/mol. The highest BCUT2D eigenvalue weighted by Gasteiger charge is 2.17.